The second kappa shape index (κ2) is 4.81. The molecular formula is C10H9ClN2O3. The van der Waals surface area contributed by atoms with Crippen LogP contribution in [0.15, 0.2) is 4.42 Å². The van der Waals surface area contributed by atoms with Gasteiger partial charge in [0.25, 0.3) is 0 Å². The Morgan fingerprint density at radius 1 is 1.56 bits per heavy atom. The van der Waals surface area contributed by atoms with E-state index in [4.69, 9.17) is 21.3 Å². The van der Waals surface area contributed by atoms with Crippen molar-refractivity contribution in [1.29, 1.82) is 5.26 Å². The van der Waals surface area contributed by atoms with Crippen LogP contribution in [-0.2, 0) is 4.79 Å². The van der Waals surface area contributed by atoms with Crippen LogP contribution in [0.3, 0.4) is 0 Å². The number of carbonyl (C=O) groups excluding carboxylic acids is 2. The molecule has 0 radical (unpaired) electrons. The van der Waals surface area contributed by atoms with Crippen molar-refractivity contribution in [3.05, 3.63) is 16.9 Å². The summed E-state index contributed by atoms with van der Waals surface area (Å²) >= 11 is 5.30. The number of nitrogens with one attached hydrogen (secondary N) is 1. The third kappa shape index (κ3) is 2.23. The van der Waals surface area contributed by atoms with Gasteiger partial charge in [-0.3, -0.25) is 14.9 Å². The van der Waals surface area contributed by atoms with Gasteiger partial charge in [0, 0.05) is 0 Å². The van der Waals surface area contributed by atoms with Crippen LogP contribution < -0.4 is 5.32 Å². The molecule has 0 aromatic carbocycles. The van der Waals surface area contributed by atoms with Gasteiger partial charge in [-0.2, -0.15) is 5.26 Å². The molecule has 1 aromatic heterocycles. The second-order valence-electron chi connectivity index (χ2n) is 3.09. The van der Waals surface area contributed by atoms with Crippen LogP contribution in [0, 0.1) is 18.3 Å². The van der Waals surface area contributed by atoms with Crippen molar-refractivity contribution in [2.75, 3.05) is 11.2 Å². The first-order valence-corrected chi connectivity index (χ1v) is 4.95. The molecule has 0 atom stereocenters. The van der Waals surface area contributed by atoms with Gasteiger partial charge in [-0.25, -0.2) is 0 Å². The van der Waals surface area contributed by atoms with Crippen molar-refractivity contribution in [1.82, 2.24) is 0 Å². The molecule has 84 valence electrons. The first kappa shape index (κ1) is 12.3. The normalized spacial score (nSPS) is 9.62. The number of furan rings is 1. The fraction of sp³-hybridized carbons (Fsp3) is 0.300. The highest BCUT2D eigenvalue weighted by Crippen LogP contribution is 2.26. The number of ketones is 1. The van der Waals surface area contributed by atoms with E-state index in [2.05, 4.69) is 5.32 Å². The van der Waals surface area contributed by atoms with E-state index in [1.54, 1.807) is 6.92 Å². The minimum Gasteiger partial charge on any atom is -0.443 e. The lowest BCUT2D eigenvalue weighted by Gasteiger charge is -1.97. The highest BCUT2D eigenvalue weighted by atomic mass is 35.5. The summed E-state index contributed by atoms with van der Waals surface area (Å²) in [4.78, 5) is 22.3. The number of anilines is 1. The fourth-order valence-corrected chi connectivity index (χ4v) is 1.39. The van der Waals surface area contributed by atoms with Gasteiger partial charge in [-0.1, -0.05) is 0 Å². The average molecular weight is 241 g/mol. The van der Waals surface area contributed by atoms with Gasteiger partial charge in [0.05, 0.1) is 5.56 Å². The summed E-state index contributed by atoms with van der Waals surface area (Å²) < 4.78 is 5.14. The Labute approximate surface area is 97.0 Å². The lowest BCUT2D eigenvalue weighted by molar-refractivity contribution is -0.114. The van der Waals surface area contributed by atoms with E-state index in [0.717, 1.165) is 0 Å². The molecule has 0 saturated carbocycles. The first-order valence-electron chi connectivity index (χ1n) is 4.41. The number of halogens is 1. The van der Waals surface area contributed by atoms with Crippen LogP contribution in [0.25, 0.3) is 0 Å². The molecule has 1 aromatic rings. The quantitative estimate of drug-likeness (QED) is 0.645. The lowest BCUT2D eigenvalue weighted by atomic mass is 10.1. The van der Waals surface area contributed by atoms with Gasteiger partial charge in [0.15, 0.2) is 5.78 Å². The summed E-state index contributed by atoms with van der Waals surface area (Å²) in [6, 6.07) is 1.82. The second-order valence-corrected chi connectivity index (χ2v) is 3.35. The number of nitriles is 1. The van der Waals surface area contributed by atoms with Crippen LogP contribution in [-0.4, -0.2) is 17.6 Å². The number of Topliss-reactive ketones (excluding diaryl/α,β-unsaturated/α-hetero) is 1. The predicted molar refractivity (Wildman–Crippen MR) is 57.5 cm³/mol. The van der Waals surface area contributed by atoms with Crippen LogP contribution in [0.5, 0.6) is 0 Å². The molecule has 0 spiro atoms. The number of hydrogen-bond acceptors (Lipinski definition) is 4. The van der Waals surface area contributed by atoms with Gasteiger partial charge in [0.2, 0.25) is 11.8 Å². The Balaban J connectivity index is 3.22. The van der Waals surface area contributed by atoms with Crippen molar-refractivity contribution in [3.63, 3.8) is 0 Å². The van der Waals surface area contributed by atoms with Crippen molar-refractivity contribution in [2.24, 2.45) is 0 Å². The van der Waals surface area contributed by atoms with E-state index in [0.29, 0.717) is 5.76 Å². The topological polar surface area (TPSA) is 83.1 Å². The van der Waals surface area contributed by atoms with Crippen LogP contribution in [0.4, 0.5) is 5.88 Å². The van der Waals surface area contributed by atoms with E-state index in [9.17, 15) is 9.59 Å². The lowest BCUT2D eigenvalue weighted by Crippen LogP contribution is -2.13. The summed E-state index contributed by atoms with van der Waals surface area (Å²) in [5.74, 6) is -0.768. The molecule has 1 rings (SSSR count). The Hall–Kier alpha value is -1.80. The smallest absolute Gasteiger partial charge is 0.241 e. The summed E-state index contributed by atoms with van der Waals surface area (Å²) in [6.45, 7) is 2.87. The average Bonchev–Trinajstić information content (AvgIpc) is 2.53. The minimum absolute atomic E-state index is 0.0310. The maximum atomic E-state index is 11.3. The molecule has 0 unspecified atom stereocenters. The Morgan fingerprint density at radius 3 is 2.62 bits per heavy atom. The molecule has 0 saturated heterocycles. The maximum Gasteiger partial charge on any atom is 0.241 e. The standard InChI is InChI=1S/C10H9ClN2O3/c1-5(14)9-6(2)16-10(7(9)4-12)13-8(15)3-11/h3H2,1-2H3,(H,13,15). The molecule has 1 N–H and O–H groups in total. The summed E-state index contributed by atoms with van der Waals surface area (Å²) in [5.41, 5.74) is 0.218. The highest BCUT2D eigenvalue weighted by Gasteiger charge is 2.21. The van der Waals surface area contributed by atoms with E-state index >= 15 is 0 Å². The zero-order chi connectivity index (χ0) is 12.3. The number of carbonyl (C=O) groups is 2. The molecule has 1 amide bonds. The molecule has 5 nitrogen and oxygen atoms in total. The van der Waals surface area contributed by atoms with Crippen LogP contribution >= 0.6 is 11.6 Å². The molecule has 6 heteroatoms. The van der Waals surface area contributed by atoms with E-state index in [1.807, 2.05) is 6.07 Å². The fourth-order valence-electron chi connectivity index (χ4n) is 1.32. The van der Waals surface area contributed by atoms with Crippen LogP contribution in [0.2, 0.25) is 0 Å². The van der Waals surface area contributed by atoms with Gasteiger partial charge in [0.1, 0.15) is 23.3 Å². The van der Waals surface area contributed by atoms with Gasteiger partial charge >= 0.3 is 0 Å². The zero-order valence-electron chi connectivity index (χ0n) is 8.76. The van der Waals surface area contributed by atoms with Crippen molar-refractivity contribution in [2.45, 2.75) is 13.8 Å². The maximum absolute atomic E-state index is 11.3. The molecule has 16 heavy (non-hydrogen) atoms. The Kier molecular flexibility index (Phi) is 3.69. The summed E-state index contributed by atoms with van der Waals surface area (Å²) in [7, 11) is 0. The molecular weight excluding hydrogens is 232 g/mol. The number of hydrogen-bond donors (Lipinski definition) is 1. The minimum atomic E-state index is -0.498. The van der Waals surface area contributed by atoms with E-state index < -0.39 is 5.91 Å². The molecule has 0 aliphatic heterocycles. The number of amides is 1. The van der Waals surface area contributed by atoms with E-state index in [1.165, 1.54) is 6.92 Å². The number of nitrogens with zero attached hydrogens (tertiary/aromatic N) is 1. The van der Waals surface area contributed by atoms with Gasteiger partial charge in [-0.05, 0) is 13.8 Å². The number of aryl methyl sites for hydroxylation is 1. The summed E-state index contributed by atoms with van der Waals surface area (Å²) in [6.07, 6.45) is 0. The number of rotatable bonds is 3. The van der Waals surface area contributed by atoms with Gasteiger partial charge in [-0.15, -0.1) is 11.6 Å². The Morgan fingerprint density at radius 2 is 2.19 bits per heavy atom. The number of alkyl halides is 1. The zero-order valence-corrected chi connectivity index (χ0v) is 9.51. The largest absolute Gasteiger partial charge is 0.443 e. The van der Waals surface area contributed by atoms with Crippen molar-refractivity contribution < 1.29 is 14.0 Å². The third-order valence-corrected chi connectivity index (χ3v) is 2.17. The summed E-state index contributed by atoms with van der Waals surface area (Å²) in [5, 5.41) is 11.2. The van der Waals surface area contributed by atoms with Crippen LogP contribution in [0.1, 0.15) is 28.6 Å². The molecule has 0 bridgehead atoms. The Bertz CT molecular complexity index is 485. The molecule has 0 fully saturated rings. The third-order valence-electron chi connectivity index (χ3n) is 1.92. The van der Waals surface area contributed by atoms with Crippen molar-refractivity contribution in [3.8, 4) is 6.07 Å². The molecule has 1 heterocycles. The van der Waals surface area contributed by atoms with E-state index in [-0.39, 0.29) is 28.7 Å². The first-order chi connectivity index (χ1) is 7.51. The predicted octanol–water partition coefficient (Wildman–Crippen LogP) is 1.84. The highest BCUT2D eigenvalue weighted by molar-refractivity contribution is 6.29. The molecule has 0 aliphatic rings. The SMILES string of the molecule is CC(=O)c1c(C)oc(NC(=O)CCl)c1C#N. The van der Waals surface area contributed by atoms with Crippen molar-refractivity contribution >= 4 is 29.2 Å². The van der Waals surface area contributed by atoms with Gasteiger partial charge < -0.3 is 4.42 Å². The monoisotopic (exact) mass is 240 g/mol. The molecule has 0 aliphatic carbocycles.